The van der Waals surface area contributed by atoms with Crippen LogP contribution >= 0.6 is 11.6 Å². The Morgan fingerprint density at radius 1 is 1.26 bits per heavy atom. The van der Waals surface area contributed by atoms with E-state index in [0.29, 0.717) is 16.5 Å². The molecule has 2 aromatic rings. The van der Waals surface area contributed by atoms with E-state index in [0.717, 1.165) is 11.1 Å². The monoisotopic (exact) mass is 326 g/mol. The summed E-state index contributed by atoms with van der Waals surface area (Å²) in [4.78, 5) is 12.3. The SMILES string of the molecule is COc1ccc(C)cc1NC(=O)/C(C#N)=C/c1ccc(Cl)cc1. The molecule has 0 unspecified atom stereocenters. The Morgan fingerprint density at radius 2 is 1.96 bits per heavy atom. The lowest BCUT2D eigenvalue weighted by molar-refractivity contribution is -0.112. The highest BCUT2D eigenvalue weighted by Gasteiger charge is 2.12. The van der Waals surface area contributed by atoms with Crippen molar-refractivity contribution in [2.45, 2.75) is 6.92 Å². The van der Waals surface area contributed by atoms with Crippen molar-refractivity contribution in [3.8, 4) is 11.8 Å². The first-order valence-corrected chi connectivity index (χ1v) is 7.24. The molecular weight excluding hydrogens is 312 g/mol. The summed E-state index contributed by atoms with van der Waals surface area (Å²) in [7, 11) is 1.52. The first-order valence-electron chi connectivity index (χ1n) is 6.87. The number of hydrogen-bond donors (Lipinski definition) is 1. The Balaban J connectivity index is 2.26. The minimum absolute atomic E-state index is 0.00381. The van der Waals surface area contributed by atoms with Crippen molar-refractivity contribution in [1.29, 1.82) is 5.26 Å². The molecule has 0 saturated carbocycles. The molecule has 1 N–H and O–H groups in total. The van der Waals surface area contributed by atoms with Gasteiger partial charge < -0.3 is 10.1 Å². The van der Waals surface area contributed by atoms with Crippen LogP contribution in [0.25, 0.3) is 6.08 Å². The van der Waals surface area contributed by atoms with Crippen LogP contribution in [-0.2, 0) is 4.79 Å². The van der Waals surface area contributed by atoms with Crippen LogP contribution in [0.4, 0.5) is 5.69 Å². The molecule has 116 valence electrons. The van der Waals surface area contributed by atoms with E-state index < -0.39 is 5.91 Å². The smallest absolute Gasteiger partial charge is 0.266 e. The molecule has 0 radical (unpaired) electrons. The molecule has 4 nitrogen and oxygen atoms in total. The van der Waals surface area contributed by atoms with Crippen LogP contribution in [0, 0.1) is 18.3 Å². The van der Waals surface area contributed by atoms with E-state index >= 15 is 0 Å². The van der Waals surface area contributed by atoms with Crippen LogP contribution in [0.1, 0.15) is 11.1 Å². The van der Waals surface area contributed by atoms with Crippen LogP contribution in [0.3, 0.4) is 0 Å². The molecular formula is C18H15ClN2O2. The zero-order chi connectivity index (χ0) is 16.8. The van der Waals surface area contributed by atoms with Crippen LogP contribution in [-0.4, -0.2) is 13.0 Å². The Hall–Kier alpha value is -2.77. The highest BCUT2D eigenvalue weighted by atomic mass is 35.5. The van der Waals surface area contributed by atoms with Crippen molar-refractivity contribution in [3.05, 3.63) is 64.2 Å². The average molecular weight is 327 g/mol. The van der Waals surface area contributed by atoms with Crippen molar-refractivity contribution in [3.63, 3.8) is 0 Å². The van der Waals surface area contributed by atoms with Gasteiger partial charge >= 0.3 is 0 Å². The van der Waals surface area contributed by atoms with E-state index in [-0.39, 0.29) is 5.57 Å². The van der Waals surface area contributed by atoms with Crippen molar-refractivity contribution < 1.29 is 9.53 Å². The minimum Gasteiger partial charge on any atom is -0.495 e. The van der Waals surface area contributed by atoms with Gasteiger partial charge in [0.25, 0.3) is 5.91 Å². The number of aryl methyl sites for hydroxylation is 1. The van der Waals surface area contributed by atoms with E-state index in [2.05, 4.69) is 5.32 Å². The van der Waals surface area contributed by atoms with Crippen LogP contribution in [0.5, 0.6) is 5.75 Å². The maximum Gasteiger partial charge on any atom is 0.266 e. The molecule has 0 atom stereocenters. The summed E-state index contributed by atoms with van der Waals surface area (Å²) in [6, 6.07) is 14.2. The lowest BCUT2D eigenvalue weighted by Gasteiger charge is -2.10. The zero-order valence-electron chi connectivity index (χ0n) is 12.8. The predicted octanol–water partition coefficient (Wildman–Crippen LogP) is 4.20. The predicted molar refractivity (Wildman–Crippen MR) is 91.4 cm³/mol. The quantitative estimate of drug-likeness (QED) is 0.676. The Kier molecular flexibility index (Phi) is 5.40. The van der Waals surface area contributed by atoms with Gasteiger partial charge in [-0.05, 0) is 48.4 Å². The van der Waals surface area contributed by atoms with Gasteiger partial charge in [0, 0.05) is 5.02 Å². The third kappa shape index (κ3) is 4.35. The number of methoxy groups -OCH3 is 1. The van der Waals surface area contributed by atoms with Gasteiger partial charge in [0.15, 0.2) is 0 Å². The van der Waals surface area contributed by atoms with E-state index in [1.807, 2.05) is 19.1 Å². The number of nitrogens with zero attached hydrogens (tertiary/aromatic N) is 1. The number of ether oxygens (including phenoxy) is 1. The van der Waals surface area contributed by atoms with Crippen molar-refractivity contribution in [1.82, 2.24) is 0 Å². The topological polar surface area (TPSA) is 62.1 Å². The molecule has 5 heteroatoms. The summed E-state index contributed by atoms with van der Waals surface area (Å²) in [5.41, 5.74) is 2.21. The van der Waals surface area contributed by atoms with Crippen molar-refractivity contribution in [2.75, 3.05) is 12.4 Å². The summed E-state index contributed by atoms with van der Waals surface area (Å²) >= 11 is 5.82. The number of halogens is 1. The molecule has 0 aliphatic heterocycles. The van der Waals surface area contributed by atoms with Crippen LogP contribution in [0.2, 0.25) is 5.02 Å². The number of carbonyl (C=O) groups is 1. The van der Waals surface area contributed by atoms with Gasteiger partial charge in [0.2, 0.25) is 0 Å². The number of rotatable bonds is 4. The second-order valence-electron chi connectivity index (χ2n) is 4.88. The molecule has 1 amide bonds. The normalized spacial score (nSPS) is 10.8. The molecule has 0 aliphatic rings. The highest BCUT2D eigenvalue weighted by molar-refractivity contribution is 6.30. The first-order chi connectivity index (χ1) is 11.0. The third-order valence-corrected chi connectivity index (χ3v) is 3.40. The second kappa shape index (κ2) is 7.48. The molecule has 0 saturated heterocycles. The third-order valence-electron chi connectivity index (χ3n) is 3.15. The number of anilines is 1. The maximum atomic E-state index is 12.3. The summed E-state index contributed by atoms with van der Waals surface area (Å²) < 4.78 is 5.21. The van der Waals surface area contributed by atoms with Crippen molar-refractivity contribution in [2.24, 2.45) is 0 Å². The lowest BCUT2D eigenvalue weighted by Crippen LogP contribution is -2.14. The molecule has 0 fully saturated rings. The molecule has 0 aliphatic carbocycles. The van der Waals surface area contributed by atoms with Gasteiger partial charge in [0.1, 0.15) is 17.4 Å². The Labute approximate surface area is 140 Å². The van der Waals surface area contributed by atoms with Gasteiger partial charge in [-0.25, -0.2) is 0 Å². The van der Waals surface area contributed by atoms with Gasteiger partial charge in [-0.3, -0.25) is 4.79 Å². The van der Waals surface area contributed by atoms with E-state index in [1.165, 1.54) is 13.2 Å². The summed E-state index contributed by atoms with van der Waals surface area (Å²) in [5, 5.41) is 12.5. The molecule has 0 bridgehead atoms. The number of nitrogens with one attached hydrogen (secondary N) is 1. The summed E-state index contributed by atoms with van der Waals surface area (Å²) in [6.45, 7) is 1.91. The number of nitriles is 1. The summed E-state index contributed by atoms with van der Waals surface area (Å²) in [5.74, 6) is 0.0408. The molecule has 0 heterocycles. The lowest BCUT2D eigenvalue weighted by atomic mass is 10.1. The minimum atomic E-state index is -0.494. The summed E-state index contributed by atoms with van der Waals surface area (Å²) in [6.07, 6.45) is 1.51. The number of amides is 1. The number of carbonyl (C=O) groups excluding carboxylic acids is 1. The maximum absolute atomic E-state index is 12.3. The molecule has 2 aromatic carbocycles. The van der Waals surface area contributed by atoms with Crippen LogP contribution in [0.15, 0.2) is 48.0 Å². The van der Waals surface area contributed by atoms with E-state index in [1.54, 1.807) is 36.4 Å². The van der Waals surface area contributed by atoms with Gasteiger partial charge in [0.05, 0.1) is 12.8 Å². The van der Waals surface area contributed by atoms with Gasteiger partial charge in [-0.2, -0.15) is 5.26 Å². The Morgan fingerprint density at radius 3 is 2.57 bits per heavy atom. The second-order valence-corrected chi connectivity index (χ2v) is 5.32. The number of hydrogen-bond acceptors (Lipinski definition) is 3. The fourth-order valence-electron chi connectivity index (χ4n) is 1.98. The van der Waals surface area contributed by atoms with E-state index in [9.17, 15) is 10.1 Å². The standard InChI is InChI=1S/C18H15ClN2O2/c1-12-3-8-17(23-2)16(9-12)21-18(22)14(11-20)10-13-4-6-15(19)7-5-13/h3-10H,1-2H3,(H,21,22)/b14-10+. The molecule has 0 spiro atoms. The van der Waals surface area contributed by atoms with Gasteiger partial charge in [-0.15, -0.1) is 0 Å². The average Bonchev–Trinajstić information content (AvgIpc) is 2.54. The fraction of sp³-hybridized carbons (Fsp3) is 0.111. The fourth-order valence-corrected chi connectivity index (χ4v) is 2.11. The van der Waals surface area contributed by atoms with Crippen LogP contribution < -0.4 is 10.1 Å². The van der Waals surface area contributed by atoms with Gasteiger partial charge in [-0.1, -0.05) is 29.8 Å². The first kappa shape index (κ1) is 16.6. The number of benzene rings is 2. The largest absolute Gasteiger partial charge is 0.495 e. The van der Waals surface area contributed by atoms with Crippen molar-refractivity contribution >= 4 is 29.3 Å². The highest BCUT2D eigenvalue weighted by Crippen LogP contribution is 2.25. The molecule has 23 heavy (non-hydrogen) atoms. The molecule has 2 rings (SSSR count). The zero-order valence-corrected chi connectivity index (χ0v) is 13.5. The van der Waals surface area contributed by atoms with E-state index in [4.69, 9.17) is 16.3 Å². The Bertz CT molecular complexity index is 790. The molecule has 0 aromatic heterocycles.